The summed E-state index contributed by atoms with van der Waals surface area (Å²) in [5.74, 6) is 1.86. The molecule has 74 valence electrons. The molecule has 1 aliphatic heterocycles. The van der Waals surface area contributed by atoms with Gasteiger partial charge in [0, 0.05) is 6.20 Å². The summed E-state index contributed by atoms with van der Waals surface area (Å²) in [5, 5.41) is 3.44. The summed E-state index contributed by atoms with van der Waals surface area (Å²) in [5.41, 5.74) is 0. The summed E-state index contributed by atoms with van der Waals surface area (Å²) in [6.45, 7) is 3.38. The summed E-state index contributed by atoms with van der Waals surface area (Å²) < 4.78 is 1.05. The molecule has 2 rings (SSSR count). The number of H-pyrrole nitrogens is 1. The van der Waals surface area contributed by atoms with Gasteiger partial charge < -0.3 is 10.3 Å². The number of halogens is 2. The Labute approximate surface area is 97.6 Å². The minimum Gasteiger partial charge on any atom is -0.346 e. The highest BCUT2D eigenvalue weighted by Crippen LogP contribution is 2.24. The first-order chi connectivity index (χ1) is 5.75. The smallest absolute Gasteiger partial charge is 0.124 e. The van der Waals surface area contributed by atoms with Crippen LogP contribution in [0.4, 0.5) is 0 Å². The average Bonchev–Trinajstić information content (AvgIpc) is 2.58. The maximum absolute atomic E-state index is 4.40. The molecule has 0 bridgehead atoms. The van der Waals surface area contributed by atoms with Crippen LogP contribution in [0.1, 0.15) is 25.2 Å². The van der Waals surface area contributed by atoms with Gasteiger partial charge in [0.05, 0.1) is 6.04 Å². The van der Waals surface area contributed by atoms with Gasteiger partial charge in [0.15, 0.2) is 0 Å². The first-order valence-corrected chi connectivity index (χ1v) is 5.28. The molecule has 1 aliphatic rings. The number of aromatic nitrogens is 2. The molecule has 0 aromatic carbocycles. The van der Waals surface area contributed by atoms with E-state index in [1.54, 1.807) is 0 Å². The van der Waals surface area contributed by atoms with Gasteiger partial charge >= 0.3 is 0 Å². The van der Waals surface area contributed by atoms with E-state index >= 15 is 0 Å². The maximum Gasteiger partial charge on any atom is 0.124 e. The Morgan fingerprint density at radius 2 is 2.38 bits per heavy atom. The van der Waals surface area contributed by atoms with E-state index in [-0.39, 0.29) is 12.4 Å². The summed E-state index contributed by atoms with van der Waals surface area (Å²) in [6, 6.07) is 0.448. The van der Waals surface area contributed by atoms with Gasteiger partial charge in [-0.25, -0.2) is 4.98 Å². The number of hydrogen-bond acceptors (Lipinski definition) is 2. The van der Waals surface area contributed by atoms with Crippen molar-refractivity contribution in [3.05, 3.63) is 15.7 Å². The van der Waals surface area contributed by atoms with Gasteiger partial charge in [0.2, 0.25) is 0 Å². The number of rotatable bonds is 1. The second-order valence-corrected chi connectivity index (χ2v) is 4.52. The molecule has 1 aromatic heterocycles. The predicted octanol–water partition coefficient (Wildman–Crippen LogP) is 2.11. The summed E-state index contributed by atoms with van der Waals surface area (Å²) in [6.07, 6.45) is 3.14. The van der Waals surface area contributed by atoms with Gasteiger partial charge in [-0.15, -0.1) is 12.4 Å². The Balaban J connectivity index is 0.000000845. The number of hydrogen-bond donors (Lipinski definition) is 2. The van der Waals surface area contributed by atoms with Crippen LogP contribution < -0.4 is 5.32 Å². The van der Waals surface area contributed by atoms with Crippen molar-refractivity contribution in [3.8, 4) is 0 Å². The molecule has 0 amide bonds. The molecule has 0 radical (unpaired) electrons. The number of nitrogens with one attached hydrogen (secondary N) is 2. The third-order valence-electron chi connectivity index (χ3n) is 2.25. The lowest BCUT2D eigenvalue weighted by atomic mass is 10.1. The van der Waals surface area contributed by atoms with Crippen LogP contribution in [0, 0.1) is 9.62 Å². The molecule has 2 N–H and O–H groups in total. The Hall–Kier alpha value is 0.190. The monoisotopic (exact) mass is 313 g/mol. The molecule has 1 aromatic rings. The van der Waals surface area contributed by atoms with Crippen molar-refractivity contribution in [1.82, 2.24) is 15.3 Å². The number of nitrogens with zero attached hydrogens (tertiary/aromatic N) is 1. The molecule has 2 atom stereocenters. The molecular weight excluding hydrogens is 300 g/mol. The molecule has 3 nitrogen and oxygen atoms in total. The number of imidazole rings is 1. The highest BCUT2D eigenvalue weighted by molar-refractivity contribution is 14.1. The van der Waals surface area contributed by atoms with Crippen LogP contribution >= 0.6 is 35.0 Å². The minimum atomic E-state index is 0. The van der Waals surface area contributed by atoms with Gasteiger partial charge in [-0.05, 0) is 41.5 Å². The maximum atomic E-state index is 4.40. The van der Waals surface area contributed by atoms with Crippen LogP contribution in [0.2, 0.25) is 0 Å². The third kappa shape index (κ3) is 2.57. The zero-order chi connectivity index (χ0) is 8.55. The molecular formula is C8H13ClIN3. The van der Waals surface area contributed by atoms with Crippen molar-refractivity contribution in [1.29, 1.82) is 0 Å². The van der Waals surface area contributed by atoms with E-state index in [0.717, 1.165) is 22.0 Å². The average molecular weight is 314 g/mol. The van der Waals surface area contributed by atoms with Crippen molar-refractivity contribution >= 4 is 35.0 Å². The lowest BCUT2D eigenvalue weighted by molar-refractivity contribution is 0.587. The summed E-state index contributed by atoms with van der Waals surface area (Å²) >= 11 is 2.22. The molecule has 0 saturated carbocycles. The zero-order valence-corrected chi connectivity index (χ0v) is 10.4. The highest BCUT2D eigenvalue weighted by atomic mass is 127. The molecule has 5 heteroatoms. The van der Waals surface area contributed by atoms with E-state index in [2.05, 4.69) is 44.8 Å². The van der Waals surface area contributed by atoms with Crippen molar-refractivity contribution < 1.29 is 0 Å². The predicted molar refractivity (Wildman–Crippen MR) is 63.1 cm³/mol. The van der Waals surface area contributed by atoms with Crippen LogP contribution in [0.5, 0.6) is 0 Å². The molecule has 0 spiro atoms. The third-order valence-corrected chi connectivity index (χ3v) is 2.80. The van der Waals surface area contributed by atoms with E-state index in [4.69, 9.17) is 0 Å². The fourth-order valence-corrected chi connectivity index (χ4v) is 2.03. The topological polar surface area (TPSA) is 40.7 Å². The molecule has 0 unspecified atom stereocenters. The van der Waals surface area contributed by atoms with Gasteiger partial charge in [-0.1, -0.05) is 6.92 Å². The quantitative estimate of drug-likeness (QED) is 0.780. The van der Waals surface area contributed by atoms with Crippen LogP contribution in [0.3, 0.4) is 0 Å². The summed E-state index contributed by atoms with van der Waals surface area (Å²) in [4.78, 5) is 7.58. The second kappa shape index (κ2) is 4.61. The van der Waals surface area contributed by atoms with Crippen molar-refractivity contribution in [2.24, 2.45) is 5.92 Å². The fraction of sp³-hybridized carbons (Fsp3) is 0.625. The molecule has 2 heterocycles. The number of aromatic amines is 1. The lowest BCUT2D eigenvalue weighted by Crippen LogP contribution is -2.14. The van der Waals surface area contributed by atoms with Crippen LogP contribution in [-0.4, -0.2) is 16.5 Å². The van der Waals surface area contributed by atoms with E-state index in [1.165, 1.54) is 6.42 Å². The SMILES string of the molecule is C[C@H]1CN[C@H](c2nc(I)c[nH]2)C1.Cl. The second-order valence-electron chi connectivity index (χ2n) is 3.41. The highest BCUT2D eigenvalue weighted by Gasteiger charge is 2.23. The largest absolute Gasteiger partial charge is 0.346 e. The Bertz CT molecular complexity index is 276. The van der Waals surface area contributed by atoms with Crippen LogP contribution in [-0.2, 0) is 0 Å². The molecule has 1 saturated heterocycles. The van der Waals surface area contributed by atoms with Gasteiger partial charge in [-0.3, -0.25) is 0 Å². The fourth-order valence-electron chi connectivity index (χ4n) is 1.61. The van der Waals surface area contributed by atoms with Crippen LogP contribution in [0.25, 0.3) is 0 Å². The minimum absolute atomic E-state index is 0. The molecule has 1 fully saturated rings. The van der Waals surface area contributed by atoms with Crippen molar-refractivity contribution in [2.45, 2.75) is 19.4 Å². The first-order valence-electron chi connectivity index (χ1n) is 4.20. The van der Waals surface area contributed by atoms with Crippen molar-refractivity contribution in [3.63, 3.8) is 0 Å². The van der Waals surface area contributed by atoms with Crippen LogP contribution in [0.15, 0.2) is 6.20 Å². The van der Waals surface area contributed by atoms with Crippen molar-refractivity contribution in [2.75, 3.05) is 6.54 Å². The van der Waals surface area contributed by atoms with E-state index in [0.29, 0.717) is 6.04 Å². The van der Waals surface area contributed by atoms with E-state index in [1.807, 2.05) is 6.20 Å². The van der Waals surface area contributed by atoms with Gasteiger partial charge in [-0.2, -0.15) is 0 Å². The lowest BCUT2D eigenvalue weighted by Gasteiger charge is -2.04. The van der Waals surface area contributed by atoms with E-state index < -0.39 is 0 Å². The van der Waals surface area contributed by atoms with Gasteiger partial charge in [0.25, 0.3) is 0 Å². The molecule has 0 aliphatic carbocycles. The van der Waals surface area contributed by atoms with E-state index in [9.17, 15) is 0 Å². The Morgan fingerprint density at radius 3 is 2.85 bits per heavy atom. The standard InChI is InChI=1S/C8H12IN3.ClH/c1-5-2-6(10-3-5)8-11-4-7(9)12-8;/h4-6,10H,2-3H2,1H3,(H,11,12);1H/t5-,6+;/m1./s1. The normalized spacial score (nSPS) is 27.2. The Morgan fingerprint density at radius 1 is 1.62 bits per heavy atom. The summed E-state index contributed by atoms with van der Waals surface area (Å²) in [7, 11) is 0. The zero-order valence-electron chi connectivity index (χ0n) is 7.38. The first kappa shape index (κ1) is 11.3. The van der Waals surface area contributed by atoms with Gasteiger partial charge in [0.1, 0.15) is 9.53 Å². The molecule has 13 heavy (non-hydrogen) atoms. The Kier molecular flexibility index (Phi) is 4.00.